The maximum absolute atomic E-state index is 12.1. The predicted molar refractivity (Wildman–Crippen MR) is 59.9 cm³/mol. The number of carbonyl (C=O) groups excluding carboxylic acids is 1. The molecule has 0 aliphatic carbocycles. The number of aliphatic carboxylic acids is 1. The third-order valence-electron chi connectivity index (χ3n) is 2.61. The number of nitrogens with zero attached hydrogens (tertiary/aromatic N) is 3. The van der Waals surface area contributed by atoms with Gasteiger partial charge in [-0.1, -0.05) is 0 Å². The van der Waals surface area contributed by atoms with Crippen LogP contribution in [0.1, 0.15) is 16.9 Å². The molecule has 0 aromatic carbocycles. The Morgan fingerprint density at radius 1 is 1.50 bits per heavy atom. The van der Waals surface area contributed by atoms with Crippen molar-refractivity contribution in [1.82, 2.24) is 14.9 Å². The van der Waals surface area contributed by atoms with E-state index in [1.807, 2.05) is 0 Å². The third-order valence-corrected chi connectivity index (χ3v) is 2.61. The summed E-state index contributed by atoms with van der Waals surface area (Å²) in [4.78, 5) is 32.0. The Bertz CT molecular complexity index is 437. The van der Waals surface area contributed by atoms with Gasteiger partial charge in [0.2, 0.25) is 0 Å². The fraction of sp³-hybridized carbons (Fsp3) is 0.455. The van der Waals surface area contributed by atoms with Gasteiger partial charge in [0.05, 0.1) is 25.3 Å². The lowest BCUT2D eigenvalue weighted by Gasteiger charge is -2.31. The van der Waals surface area contributed by atoms with E-state index in [1.165, 1.54) is 18.6 Å². The summed E-state index contributed by atoms with van der Waals surface area (Å²) in [5.41, 5.74) is 0.258. The number of carbonyl (C=O) groups is 2. The minimum atomic E-state index is -0.936. The Morgan fingerprint density at radius 3 is 3.00 bits per heavy atom. The maximum Gasteiger partial charge on any atom is 0.306 e. The van der Waals surface area contributed by atoms with Crippen LogP contribution in [0.25, 0.3) is 0 Å². The van der Waals surface area contributed by atoms with E-state index in [-0.39, 0.29) is 24.6 Å². The number of ether oxygens (including phenoxy) is 1. The van der Waals surface area contributed by atoms with Crippen molar-refractivity contribution in [3.63, 3.8) is 0 Å². The highest BCUT2D eigenvalue weighted by Crippen LogP contribution is 2.11. The molecular weight excluding hydrogens is 238 g/mol. The largest absolute Gasteiger partial charge is 0.481 e. The van der Waals surface area contributed by atoms with Crippen LogP contribution >= 0.6 is 0 Å². The SMILES string of the molecule is O=C(O)CC1CN(C(=O)c2cnccn2)CCO1. The van der Waals surface area contributed by atoms with Crippen LogP contribution in [0.5, 0.6) is 0 Å². The molecule has 1 saturated heterocycles. The Kier molecular flexibility index (Phi) is 3.83. The van der Waals surface area contributed by atoms with E-state index in [1.54, 1.807) is 4.90 Å². The number of hydrogen-bond donors (Lipinski definition) is 1. The first-order valence-electron chi connectivity index (χ1n) is 5.55. The number of aromatic nitrogens is 2. The number of carboxylic acid groups (broad SMARTS) is 1. The number of carboxylic acids is 1. The minimum Gasteiger partial charge on any atom is -0.481 e. The number of rotatable bonds is 3. The smallest absolute Gasteiger partial charge is 0.306 e. The molecule has 1 amide bonds. The topological polar surface area (TPSA) is 92.6 Å². The van der Waals surface area contributed by atoms with Crippen LogP contribution in [0.3, 0.4) is 0 Å². The van der Waals surface area contributed by atoms with Crippen molar-refractivity contribution in [3.05, 3.63) is 24.3 Å². The second kappa shape index (κ2) is 5.54. The lowest BCUT2D eigenvalue weighted by atomic mass is 10.2. The standard InChI is InChI=1S/C11H13N3O4/c15-10(16)5-8-7-14(3-4-18-8)11(17)9-6-12-1-2-13-9/h1-2,6,8H,3-5,7H2,(H,15,16). The van der Waals surface area contributed by atoms with Gasteiger partial charge in [0.25, 0.3) is 5.91 Å². The van der Waals surface area contributed by atoms with Gasteiger partial charge in [-0.2, -0.15) is 0 Å². The molecule has 1 unspecified atom stereocenters. The molecule has 96 valence electrons. The van der Waals surface area contributed by atoms with Gasteiger partial charge in [0.15, 0.2) is 0 Å². The highest BCUT2D eigenvalue weighted by molar-refractivity contribution is 5.92. The Balaban J connectivity index is 2.00. The summed E-state index contributed by atoms with van der Waals surface area (Å²) in [7, 11) is 0. The summed E-state index contributed by atoms with van der Waals surface area (Å²) in [6, 6.07) is 0. The van der Waals surface area contributed by atoms with Gasteiger partial charge in [-0.15, -0.1) is 0 Å². The molecule has 7 heteroatoms. The second-order valence-electron chi connectivity index (χ2n) is 3.93. The normalized spacial score (nSPS) is 19.6. The maximum atomic E-state index is 12.1. The van der Waals surface area contributed by atoms with Crippen LogP contribution in [-0.4, -0.2) is 57.7 Å². The van der Waals surface area contributed by atoms with Gasteiger partial charge < -0.3 is 14.7 Å². The van der Waals surface area contributed by atoms with Gasteiger partial charge in [-0.05, 0) is 0 Å². The van der Waals surface area contributed by atoms with E-state index in [2.05, 4.69) is 9.97 Å². The lowest BCUT2D eigenvalue weighted by molar-refractivity contribution is -0.141. The number of amides is 1. The van der Waals surface area contributed by atoms with Crippen LogP contribution in [-0.2, 0) is 9.53 Å². The summed E-state index contributed by atoms with van der Waals surface area (Å²) in [5.74, 6) is -1.18. The van der Waals surface area contributed by atoms with Gasteiger partial charge in [0.1, 0.15) is 5.69 Å². The molecule has 7 nitrogen and oxygen atoms in total. The van der Waals surface area contributed by atoms with Gasteiger partial charge >= 0.3 is 5.97 Å². The highest BCUT2D eigenvalue weighted by Gasteiger charge is 2.27. The van der Waals surface area contributed by atoms with E-state index in [9.17, 15) is 9.59 Å². The summed E-state index contributed by atoms with van der Waals surface area (Å²) in [6.45, 7) is 1.04. The first kappa shape index (κ1) is 12.4. The summed E-state index contributed by atoms with van der Waals surface area (Å²) in [6.07, 6.45) is 3.76. The first-order valence-corrected chi connectivity index (χ1v) is 5.55. The van der Waals surface area contributed by atoms with Crippen molar-refractivity contribution in [2.45, 2.75) is 12.5 Å². The molecule has 1 N–H and O–H groups in total. The fourth-order valence-corrected chi connectivity index (χ4v) is 1.79. The Hall–Kier alpha value is -2.02. The molecule has 1 aromatic rings. The monoisotopic (exact) mass is 251 g/mol. The molecule has 1 atom stereocenters. The predicted octanol–water partition coefficient (Wildman–Crippen LogP) is -0.208. The van der Waals surface area contributed by atoms with Crippen LogP contribution in [0.15, 0.2) is 18.6 Å². The van der Waals surface area contributed by atoms with E-state index >= 15 is 0 Å². The van der Waals surface area contributed by atoms with E-state index < -0.39 is 12.1 Å². The van der Waals surface area contributed by atoms with Gasteiger partial charge in [-0.3, -0.25) is 14.6 Å². The van der Waals surface area contributed by atoms with Crippen LogP contribution in [0.4, 0.5) is 0 Å². The van der Waals surface area contributed by atoms with Crippen molar-refractivity contribution in [3.8, 4) is 0 Å². The van der Waals surface area contributed by atoms with E-state index in [0.717, 1.165) is 0 Å². The van der Waals surface area contributed by atoms with Crippen molar-refractivity contribution >= 4 is 11.9 Å². The molecule has 2 rings (SSSR count). The molecular formula is C11H13N3O4. The molecule has 0 radical (unpaired) electrons. The quantitative estimate of drug-likeness (QED) is 0.799. The van der Waals surface area contributed by atoms with Gasteiger partial charge in [-0.25, -0.2) is 4.98 Å². The van der Waals surface area contributed by atoms with E-state index in [0.29, 0.717) is 13.2 Å². The molecule has 1 fully saturated rings. The molecule has 2 heterocycles. The third kappa shape index (κ3) is 3.01. The second-order valence-corrected chi connectivity index (χ2v) is 3.93. The molecule has 0 bridgehead atoms. The zero-order valence-electron chi connectivity index (χ0n) is 9.65. The molecule has 1 aliphatic heterocycles. The lowest BCUT2D eigenvalue weighted by Crippen LogP contribution is -2.46. The minimum absolute atomic E-state index is 0.107. The zero-order chi connectivity index (χ0) is 13.0. The van der Waals surface area contributed by atoms with Crippen molar-refractivity contribution in [1.29, 1.82) is 0 Å². The Labute approximate surface area is 103 Å². The molecule has 1 aliphatic rings. The fourth-order valence-electron chi connectivity index (χ4n) is 1.79. The zero-order valence-corrected chi connectivity index (χ0v) is 9.65. The van der Waals surface area contributed by atoms with Crippen molar-refractivity contribution < 1.29 is 19.4 Å². The first-order chi connectivity index (χ1) is 8.66. The van der Waals surface area contributed by atoms with Crippen LogP contribution in [0.2, 0.25) is 0 Å². The molecule has 18 heavy (non-hydrogen) atoms. The van der Waals surface area contributed by atoms with Crippen LogP contribution in [0, 0.1) is 0 Å². The van der Waals surface area contributed by atoms with Crippen LogP contribution < -0.4 is 0 Å². The summed E-state index contributed by atoms with van der Waals surface area (Å²) >= 11 is 0. The molecule has 0 saturated carbocycles. The summed E-state index contributed by atoms with van der Waals surface area (Å²) in [5, 5.41) is 8.70. The average molecular weight is 251 g/mol. The number of hydrogen-bond acceptors (Lipinski definition) is 5. The Morgan fingerprint density at radius 2 is 2.33 bits per heavy atom. The van der Waals surface area contributed by atoms with E-state index in [4.69, 9.17) is 9.84 Å². The molecule has 0 spiro atoms. The highest BCUT2D eigenvalue weighted by atomic mass is 16.5. The summed E-state index contributed by atoms with van der Waals surface area (Å²) < 4.78 is 5.29. The number of morpholine rings is 1. The van der Waals surface area contributed by atoms with Crippen molar-refractivity contribution in [2.24, 2.45) is 0 Å². The van der Waals surface area contributed by atoms with Gasteiger partial charge in [0, 0.05) is 25.5 Å². The van der Waals surface area contributed by atoms with Crippen molar-refractivity contribution in [2.75, 3.05) is 19.7 Å². The molecule has 1 aromatic heterocycles. The average Bonchev–Trinajstić information content (AvgIpc) is 2.38.